The molecule has 0 aliphatic heterocycles. The molecule has 0 heterocycles. The Balaban J connectivity index is 3.38. The maximum atomic E-state index is 12.0. The van der Waals surface area contributed by atoms with Crippen LogP contribution in [0.25, 0.3) is 0 Å². The number of hydrogen-bond donors (Lipinski definition) is 2. The van der Waals surface area contributed by atoms with Gasteiger partial charge in [-0.1, -0.05) is 141 Å². The normalized spacial score (nSPS) is 12.3. The lowest BCUT2D eigenvalue weighted by atomic mass is 10.0. The highest BCUT2D eigenvalue weighted by molar-refractivity contribution is 5.83. The van der Waals surface area contributed by atoms with Gasteiger partial charge in [0.1, 0.15) is 6.04 Å². The van der Waals surface area contributed by atoms with Crippen LogP contribution >= 0.6 is 0 Å². The van der Waals surface area contributed by atoms with Gasteiger partial charge in [0.2, 0.25) is 5.91 Å². The average molecular weight is 676 g/mol. The molecule has 1 atom stereocenters. The highest BCUT2D eigenvalue weighted by atomic mass is 16.5. The van der Waals surface area contributed by atoms with Gasteiger partial charge < -0.3 is 15.2 Å². The summed E-state index contributed by atoms with van der Waals surface area (Å²) in [5.41, 5.74) is 0. The van der Waals surface area contributed by atoms with E-state index < -0.39 is 12.0 Å². The molecule has 48 heavy (non-hydrogen) atoms. The average Bonchev–Trinajstić information content (AvgIpc) is 3.05. The molecule has 1 amide bonds. The molecule has 0 aromatic rings. The smallest absolute Gasteiger partial charge is 0.326 e. The van der Waals surface area contributed by atoms with Gasteiger partial charge in [0.25, 0.3) is 0 Å². The summed E-state index contributed by atoms with van der Waals surface area (Å²) in [4.78, 5) is 35.3. The zero-order valence-electron chi connectivity index (χ0n) is 31.8. The van der Waals surface area contributed by atoms with E-state index in [1.54, 1.807) is 0 Å². The number of aliphatic carboxylic acids is 1. The molecule has 0 saturated heterocycles. The Bertz CT molecular complexity index is 806. The fourth-order valence-corrected chi connectivity index (χ4v) is 5.94. The number of rotatable bonds is 36. The van der Waals surface area contributed by atoms with Crippen molar-refractivity contribution in [3.8, 4) is 0 Å². The number of carbonyl (C=O) groups excluding carboxylic acids is 2. The molecule has 0 rings (SSSR count). The summed E-state index contributed by atoms with van der Waals surface area (Å²) in [6.45, 7) is 6.77. The van der Waals surface area contributed by atoms with Crippen molar-refractivity contribution in [1.82, 2.24) is 5.32 Å². The van der Waals surface area contributed by atoms with E-state index >= 15 is 0 Å². The summed E-state index contributed by atoms with van der Waals surface area (Å²) in [5, 5.41) is 11.9. The fraction of sp³-hybridized carbons (Fsp3) is 0.833. The largest absolute Gasteiger partial charge is 0.480 e. The molecular formula is C42H77NO5. The summed E-state index contributed by atoms with van der Waals surface area (Å²) < 4.78 is 5.43. The molecule has 0 spiro atoms. The number of carbonyl (C=O) groups is 3. The van der Waals surface area contributed by atoms with E-state index in [1.807, 2.05) is 13.8 Å². The first kappa shape index (κ1) is 45.9. The SMILES string of the molecule is CCCCCCCC/C=C\CCCCCCCC(=O)OCCCCCCCC/C=C\CCCCCCCC(=O)N[C@@H](CC(C)C)C(=O)O. The van der Waals surface area contributed by atoms with Crippen LogP contribution in [-0.4, -0.2) is 35.6 Å². The maximum Gasteiger partial charge on any atom is 0.326 e. The number of unbranched alkanes of at least 4 members (excludes halogenated alkanes) is 22. The number of esters is 1. The summed E-state index contributed by atoms with van der Waals surface area (Å²) >= 11 is 0. The Morgan fingerprint density at radius 2 is 0.958 bits per heavy atom. The Morgan fingerprint density at radius 1 is 0.562 bits per heavy atom. The van der Waals surface area contributed by atoms with Crippen molar-refractivity contribution in [3.63, 3.8) is 0 Å². The van der Waals surface area contributed by atoms with Crippen molar-refractivity contribution in [2.75, 3.05) is 6.61 Å². The van der Waals surface area contributed by atoms with Gasteiger partial charge in [0.15, 0.2) is 0 Å². The first-order valence-corrected chi connectivity index (χ1v) is 20.3. The molecule has 0 saturated carbocycles. The first-order chi connectivity index (χ1) is 23.4. The lowest BCUT2D eigenvalue weighted by Crippen LogP contribution is -2.41. The van der Waals surface area contributed by atoms with Gasteiger partial charge in [-0.25, -0.2) is 4.79 Å². The van der Waals surface area contributed by atoms with Crippen LogP contribution in [-0.2, 0) is 19.1 Å². The highest BCUT2D eigenvalue weighted by Gasteiger charge is 2.20. The van der Waals surface area contributed by atoms with Gasteiger partial charge in [0, 0.05) is 12.8 Å². The molecule has 0 aliphatic rings. The first-order valence-electron chi connectivity index (χ1n) is 20.3. The third-order valence-corrected chi connectivity index (χ3v) is 8.95. The van der Waals surface area contributed by atoms with E-state index in [-0.39, 0.29) is 17.8 Å². The number of allylic oxidation sites excluding steroid dienone is 4. The van der Waals surface area contributed by atoms with Crippen LogP contribution < -0.4 is 5.32 Å². The monoisotopic (exact) mass is 676 g/mol. The lowest BCUT2D eigenvalue weighted by Gasteiger charge is -2.16. The molecular weight excluding hydrogens is 598 g/mol. The standard InChI is InChI=1S/C42H77NO5/c1-4-5-6-7-8-9-10-11-13-17-20-23-26-29-32-35-41(45)48-36-33-30-27-24-21-18-15-12-14-16-19-22-25-28-31-34-40(44)43-39(42(46)47)37-38(2)3/h11-14,38-39H,4-10,15-37H2,1-3H3,(H,43,44)(H,46,47)/b13-11-,14-12-/t39-/m0/s1. The van der Waals surface area contributed by atoms with Gasteiger partial charge in [-0.3, -0.25) is 9.59 Å². The molecule has 280 valence electrons. The highest BCUT2D eigenvalue weighted by Crippen LogP contribution is 2.13. The summed E-state index contributed by atoms with van der Waals surface area (Å²) in [6.07, 6.45) is 42.0. The zero-order chi connectivity index (χ0) is 35.3. The quantitative estimate of drug-likeness (QED) is 0.0392. The molecule has 0 aromatic carbocycles. The lowest BCUT2D eigenvalue weighted by molar-refractivity contribution is -0.144. The minimum atomic E-state index is -0.949. The Hall–Kier alpha value is -2.11. The Morgan fingerprint density at radius 3 is 1.40 bits per heavy atom. The molecule has 6 heteroatoms. The number of hydrogen-bond acceptors (Lipinski definition) is 4. The summed E-state index contributed by atoms with van der Waals surface area (Å²) in [6, 6.07) is -0.774. The topological polar surface area (TPSA) is 92.7 Å². The number of ether oxygens (including phenoxy) is 1. The van der Waals surface area contributed by atoms with Gasteiger partial charge in [-0.2, -0.15) is 0 Å². The predicted molar refractivity (Wildman–Crippen MR) is 203 cm³/mol. The van der Waals surface area contributed by atoms with Gasteiger partial charge in [-0.05, 0) is 83.0 Å². The predicted octanol–water partition coefficient (Wildman–Crippen LogP) is 12.2. The second-order valence-electron chi connectivity index (χ2n) is 14.3. The van der Waals surface area contributed by atoms with Crippen LogP contribution in [0.5, 0.6) is 0 Å². The Labute approximate surface area is 296 Å². The van der Waals surface area contributed by atoms with Gasteiger partial charge >= 0.3 is 11.9 Å². The van der Waals surface area contributed by atoms with Crippen molar-refractivity contribution in [1.29, 1.82) is 0 Å². The van der Waals surface area contributed by atoms with E-state index in [9.17, 15) is 19.5 Å². The van der Waals surface area contributed by atoms with Crippen molar-refractivity contribution >= 4 is 17.8 Å². The minimum Gasteiger partial charge on any atom is -0.480 e. The molecule has 0 aliphatic carbocycles. The number of carboxylic acids is 1. The molecule has 2 N–H and O–H groups in total. The summed E-state index contributed by atoms with van der Waals surface area (Å²) in [5.74, 6) is -0.881. The maximum absolute atomic E-state index is 12.0. The third kappa shape index (κ3) is 35.2. The van der Waals surface area contributed by atoms with E-state index in [0.29, 0.717) is 25.9 Å². The second kappa shape index (κ2) is 36.2. The Kier molecular flexibility index (Phi) is 34.6. The molecule has 0 bridgehead atoms. The minimum absolute atomic E-state index is 0.0198. The third-order valence-electron chi connectivity index (χ3n) is 8.95. The van der Waals surface area contributed by atoms with Crippen molar-refractivity contribution in [2.45, 2.75) is 213 Å². The molecule has 6 nitrogen and oxygen atoms in total. The van der Waals surface area contributed by atoms with Gasteiger partial charge in [0.05, 0.1) is 6.61 Å². The molecule has 0 radical (unpaired) electrons. The van der Waals surface area contributed by atoms with Gasteiger partial charge in [-0.15, -0.1) is 0 Å². The van der Waals surface area contributed by atoms with Crippen LogP contribution in [0, 0.1) is 5.92 Å². The van der Waals surface area contributed by atoms with Crippen molar-refractivity contribution in [2.24, 2.45) is 5.92 Å². The fourth-order valence-electron chi connectivity index (χ4n) is 5.94. The zero-order valence-corrected chi connectivity index (χ0v) is 31.8. The van der Waals surface area contributed by atoms with E-state index in [2.05, 4.69) is 36.5 Å². The van der Waals surface area contributed by atoms with Crippen LogP contribution in [0.3, 0.4) is 0 Å². The van der Waals surface area contributed by atoms with E-state index in [1.165, 1.54) is 109 Å². The van der Waals surface area contributed by atoms with Crippen molar-refractivity contribution < 1.29 is 24.2 Å². The summed E-state index contributed by atoms with van der Waals surface area (Å²) in [7, 11) is 0. The second-order valence-corrected chi connectivity index (χ2v) is 14.3. The van der Waals surface area contributed by atoms with Crippen LogP contribution in [0.15, 0.2) is 24.3 Å². The van der Waals surface area contributed by atoms with Crippen LogP contribution in [0.4, 0.5) is 0 Å². The van der Waals surface area contributed by atoms with E-state index in [0.717, 1.165) is 57.8 Å². The van der Waals surface area contributed by atoms with E-state index in [4.69, 9.17) is 4.74 Å². The molecule has 0 unspecified atom stereocenters. The van der Waals surface area contributed by atoms with Crippen LogP contribution in [0.1, 0.15) is 207 Å². The number of carboxylic acid groups (broad SMARTS) is 1. The molecule has 0 fully saturated rings. The van der Waals surface area contributed by atoms with Crippen LogP contribution in [0.2, 0.25) is 0 Å². The molecule has 0 aromatic heterocycles. The number of nitrogens with one attached hydrogen (secondary N) is 1. The van der Waals surface area contributed by atoms with Crippen molar-refractivity contribution in [3.05, 3.63) is 24.3 Å². The number of amides is 1.